The molecule has 0 radical (unpaired) electrons. The highest BCUT2D eigenvalue weighted by Gasteiger charge is 1.81. The molecule has 0 fully saturated rings. The van der Waals surface area contributed by atoms with E-state index < -0.39 is 0 Å². The van der Waals surface area contributed by atoms with Gasteiger partial charge in [-0.2, -0.15) is 0 Å². The zero-order valence-electron chi connectivity index (χ0n) is 5.06. The van der Waals surface area contributed by atoms with Gasteiger partial charge in [-0.3, -0.25) is 11.2 Å². The summed E-state index contributed by atoms with van der Waals surface area (Å²) in [5, 5.41) is 0. The smallest absolute Gasteiger partial charge is 0.157 e. The maximum Gasteiger partial charge on any atom is 0.157 e. The van der Waals surface area contributed by atoms with Crippen molar-refractivity contribution in [2.24, 2.45) is 0 Å². The topological polar surface area (TPSA) is 3.01 Å². The van der Waals surface area contributed by atoms with Crippen molar-refractivity contribution >= 4 is 6.72 Å². The summed E-state index contributed by atoms with van der Waals surface area (Å²) in [6, 6.07) is 0. The van der Waals surface area contributed by atoms with Crippen LogP contribution in [0.3, 0.4) is 0 Å². The second-order valence-electron chi connectivity index (χ2n) is 1.55. The minimum Gasteiger partial charge on any atom is -0.436 e. The molecule has 1 nitrogen and oxygen atoms in total. The van der Waals surface area contributed by atoms with Crippen molar-refractivity contribution < 1.29 is 4.58 Å². The molecule has 0 heterocycles. The van der Waals surface area contributed by atoms with Crippen molar-refractivity contribution in [1.29, 1.82) is 0 Å². The summed E-state index contributed by atoms with van der Waals surface area (Å²) in [4.78, 5) is 0. The fourth-order valence-electron chi connectivity index (χ4n) is 0.405. The summed E-state index contributed by atoms with van der Waals surface area (Å²) in [6.45, 7) is 12.2. The molecule has 8 heavy (non-hydrogen) atoms. The number of hydrogen-bond acceptors (Lipinski definition) is 0. The Bertz CT molecular complexity index is 91.0. The molecule has 0 unspecified atom stereocenters. The fourth-order valence-corrected chi connectivity index (χ4v) is 0.405. The second-order valence-corrected chi connectivity index (χ2v) is 1.55. The molecule has 0 saturated heterocycles. The van der Waals surface area contributed by atoms with Gasteiger partial charge in [-0.15, -0.1) is 0 Å². The Morgan fingerprint density at radius 3 is 2.62 bits per heavy atom. The highest BCUT2D eigenvalue weighted by atomic mass is 15.0. The molecule has 0 atom stereocenters. The summed E-state index contributed by atoms with van der Waals surface area (Å²) in [5.41, 5.74) is 0. The molecule has 0 bridgehead atoms. The highest BCUT2D eigenvalue weighted by Crippen LogP contribution is 1.71. The third-order valence-corrected chi connectivity index (χ3v) is 0.723. The van der Waals surface area contributed by atoms with Crippen LogP contribution in [0.15, 0.2) is 19.2 Å². The third-order valence-electron chi connectivity index (χ3n) is 0.723. The minimum absolute atomic E-state index is 0.700. The highest BCUT2D eigenvalue weighted by molar-refractivity contribution is 5.14. The number of hydrogen-bond donors (Lipinski definition) is 0. The van der Waals surface area contributed by atoms with E-state index in [2.05, 4.69) is 26.0 Å². The standard InChI is InChI=1S/C7H11N/c1-4-6-8(3)7-5-2/h4H,1-3,6-7H2. The van der Waals surface area contributed by atoms with Gasteiger partial charge in [0.1, 0.15) is 6.72 Å². The molecule has 0 aliphatic carbocycles. The molecule has 0 N–H and O–H groups in total. The average Bonchev–Trinajstić information content (AvgIpc) is 1.68. The molecule has 44 valence electrons. The molecular weight excluding hydrogens is 98.1 g/mol. The van der Waals surface area contributed by atoms with Crippen molar-refractivity contribution in [2.45, 2.75) is 0 Å². The lowest BCUT2D eigenvalue weighted by Gasteiger charge is -1.98. The predicted octanol–water partition coefficient (Wildman–Crippen LogP) is 0.875. The summed E-state index contributed by atoms with van der Waals surface area (Å²) in [7, 11) is 0. The van der Waals surface area contributed by atoms with Crippen LogP contribution in [0.4, 0.5) is 0 Å². The van der Waals surface area contributed by atoms with Gasteiger partial charge in [0.15, 0.2) is 6.54 Å². The first-order valence-corrected chi connectivity index (χ1v) is 2.47. The lowest BCUT2D eigenvalue weighted by Crippen LogP contribution is -2.08. The Hall–Kier alpha value is -0.850. The van der Waals surface area contributed by atoms with Crippen LogP contribution in [0.2, 0.25) is 0 Å². The van der Waals surface area contributed by atoms with Crippen molar-refractivity contribution in [3.63, 3.8) is 0 Å². The van der Waals surface area contributed by atoms with E-state index in [4.69, 9.17) is 0 Å². The minimum atomic E-state index is 0.700. The van der Waals surface area contributed by atoms with Gasteiger partial charge in [-0.05, 0) is 6.08 Å². The van der Waals surface area contributed by atoms with Crippen LogP contribution in [-0.2, 0) is 0 Å². The van der Waals surface area contributed by atoms with E-state index in [1.54, 1.807) is 6.08 Å². The molecule has 1 heteroatoms. The first-order chi connectivity index (χ1) is 3.81. The average molecular weight is 109 g/mol. The van der Waals surface area contributed by atoms with E-state index >= 15 is 0 Å². The zero-order chi connectivity index (χ0) is 6.41. The van der Waals surface area contributed by atoms with Crippen LogP contribution in [0, 0.1) is 6.08 Å². The lowest BCUT2D eigenvalue weighted by atomic mass is 10.5. The normalized spacial score (nSPS) is 8.00. The monoisotopic (exact) mass is 109 g/mol. The predicted molar refractivity (Wildman–Crippen MR) is 36.2 cm³/mol. The molecule has 0 aromatic rings. The second kappa shape index (κ2) is 4.31. The van der Waals surface area contributed by atoms with Crippen molar-refractivity contribution in [3.05, 3.63) is 25.3 Å². The van der Waals surface area contributed by atoms with Gasteiger partial charge in [0.25, 0.3) is 0 Å². The maximum absolute atomic E-state index is 3.68. The van der Waals surface area contributed by atoms with Crippen LogP contribution < -0.4 is 0 Å². The van der Waals surface area contributed by atoms with Gasteiger partial charge in [0.05, 0.1) is 0 Å². The molecule has 0 aromatic carbocycles. The fraction of sp³-hybridized carbons (Fsp3) is 0.286. The van der Waals surface area contributed by atoms with Gasteiger partial charge in [0, 0.05) is 6.54 Å². The molecule has 0 aliphatic heterocycles. The summed E-state index contributed by atoms with van der Waals surface area (Å²) in [6.07, 6.45) is 4.51. The first-order valence-electron chi connectivity index (χ1n) is 2.47. The largest absolute Gasteiger partial charge is 0.436 e. The molecule has 0 aliphatic rings. The summed E-state index contributed by atoms with van der Waals surface area (Å²) >= 11 is 0. The molecule has 0 amide bonds. The summed E-state index contributed by atoms with van der Waals surface area (Å²) < 4.78 is 1.82. The van der Waals surface area contributed by atoms with E-state index in [-0.39, 0.29) is 0 Å². The van der Waals surface area contributed by atoms with E-state index in [0.717, 1.165) is 6.54 Å². The van der Waals surface area contributed by atoms with Crippen LogP contribution in [0.5, 0.6) is 0 Å². The van der Waals surface area contributed by atoms with Crippen LogP contribution in [0.25, 0.3) is 0 Å². The van der Waals surface area contributed by atoms with E-state index in [1.807, 2.05) is 4.58 Å². The third kappa shape index (κ3) is 3.34. The summed E-state index contributed by atoms with van der Waals surface area (Å²) in [5.74, 6) is 0. The molecule has 0 saturated carbocycles. The Labute approximate surface area is 50.7 Å². The maximum atomic E-state index is 3.68. The van der Waals surface area contributed by atoms with Gasteiger partial charge in [-0.1, -0.05) is 6.58 Å². The van der Waals surface area contributed by atoms with Gasteiger partial charge >= 0.3 is 0 Å². The zero-order valence-corrected chi connectivity index (χ0v) is 5.06. The first kappa shape index (κ1) is 7.15. The van der Waals surface area contributed by atoms with Gasteiger partial charge in [0.2, 0.25) is 0 Å². The lowest BCUT2D eigenvalue weighted by molar-refractivity contribution is -0.500. The number of nitrogens with zero attached hydrogens (tertiary/aromatic N) is 1. The van der Waals surface area contributed by atoms with Crippen molar-refractivity contribution in [2.75, 3.05) is 13.1 Å². The Morgan fingerprint density at radius 2 is 2.25 bits per heavy atom. The van der Waals surface area contributed by atoms with Crippen LogP contribution in [0.1, 0.15) is 0 Å². The van der Waals surface area contributed by atoms with Gasteiger partial charge < -0.3 is 6.08 Å². The number of rotatable bonds is 4. The Morgan fingerprint density at radius 1 is 1.62 bits per heavy atom. The van der Waals surface area contributed by atoms with Crippen LogP contribution in [-0.4, -0.2) is 24.4 Å². The van der Waals surface area contributed by atoms with Crippen molar-refractivity contribution in [3.8, 4) is 0 Å². The Balaban J connectivity index is 3.32. The Kier molecular flexibility index (Phi) is 3.85. The van der Waals surface area contributed by atoms with Crippen LogP contribution >= 0.6 is 0 Å². The SMILES string of the molecule is C=[C-]C[N+](=C)CC=C. The van der Waals surface area contributed by atoms with Gasteiger partial charge in [-0.25, -0.2) is 0 Å². The van der Waals surface area contributed by atoms with E-state index in [1.165, 1.54) is 0 Å². The molecular formula is C7H11N. The van der Waals surface area contributed by atoms with Crippen molar-refractivity contribution in [1.82, 2.24) is 0 Å². The quantitative estimate of drug-likeness (QED) is 0.218. The molecule has 0 rings (SSSR count). The van der Waals surface area contributed by atoms with E-state index in [9.17, 15) is 0 Å². The molecule has 0 spiro atoms. The molecule has 0 aromatic heterocycles. The van der Waals surface area contributed by atoms with E-state index in [0.29, 0.717) is 6.54 Å².